The average Bonchev–Trinajstić information content (AvgIpc) is 2.27. The summed E-state index contributed by atoms with van der Waals surface area (Å²) in [6.45, 7) is 3.47. The van der Waals surface area contributed by atoms with Gasteiger partial charge in [0.05, 0.1) is 12.0 Å². The van der Waals surface area contributed by atoms with Gasteiger partial charge in [0.2, 0.25) is 0 Å². The molecule has 6 nitrogen and oxygen atoms in total. The smallest absolute Gasteiger partial charge is 0.328 e. The highest BCUT2D eigenvalue weighted by Crippen LogP contribution is 2.15. The van der Waals surface area contributed by atoms with Crippen LogP contribution in [0.4, 0.5) is 4.79 Å². The lowest BCUT2D eigenvalue weighted by molar-refractivity contribution is 0.243. The molecular weight excluding hydrogens is 256 g/mol. The van der Waals surface area contributed by atoms with Crippen LogP contribution in [0.25, 0.3) is 0 Å². The summed E-state index contributed by atoms with van der Waals surface area (Å²) < 4.78 is 30.5. The molecule has 0 aliphatic heterocycles. The molecule has 2 amide bonds. The van der Waals surface area contributed by atoms with Gasteiger partial charge in [-0.1, -0.05) is 0 Å². The highest BCUT2D eigenvalue weighted by Gasteiger charge is 2.17. The maximum Gasteiger partial charge on any atom is 0.328 e. The minimum atomic E-state index is -3.85. The Balaban J connectivity index is 2.82. The molecule has 1 aromatic rings. The molecular formula is C11H16N2O4S. The Hall–Kier alpha value is -1.76. The third-order valence-corrected chi connectivity index (χ3v) is 3.36. The van der Waals surface area contributed by atoms with Crippen LogP contribution in [-0.2, 0) is 10.0 Å². The van der Waals surface area contributed by atoms with E-state index in [-0.39, 0.29) is 10.9 Å². The highest BCUT2D eigenvalue weighted by molar-refractivity contribution is 7.90. The van der Waals surface area contributed by atoms with E-state index < -0.39 is 16.1 Å². The van der Waals surface area contributed by atoms with Crippen LogP contribution in [0.2, 0.25) is 0 Å². The van der Waals surface area contributed by atoms with Gasteiger partial charge in [-0.3, -0.25) is 0 Å². The number of urea groups is 1. The minimum Gasteiger partial charge on any atom is -0.497 e. The van der Waals surface area contributed by atoms with E-state index in [0.717, 1.165) is 0 Å². The van der Waals surface area contributed by atoms with Crippen LogP contribution in [0.15, 0.2) is 29.2 Å². The predicted octanol–water partition coefficient (Wildman–Crippen LogP) is 1.09. The van der Waals surface area contributed by atoms with E-state index in [0.29, 0.717) is 5.75 Å². The Morgan fingerprint density at radius 2 is 1.78 bits per heavy atom. The van der Waals surface area contributed by atoms with Crippen molar-refractivity contribution >= 4 is 16.1 Å². The van der Waals surface area contributed by atoms with Gasteiger partial charge in [-0.2, -0.15) is 0 Å². The first-order chi connectivity index (χ1) is 8.35. The van der Waals surface area contributed by atoms with Gasteiger partial charge in [0.15, 0.2) is 0 Å². The summed E-state index contributed by atoms with van der Waals surface area (Å²) in [5, 5.41) is 2.44. The van der Waals surface area contributed by atoms with E-state index >= 15 is 0 Å². The molecule has 0 spiro atoms. The molecule has 0 aliphatic carbocycles. The van der Waals surface area contributed by atoms with Crippen molar-refractivity contribution < 1.29 is 17.9 Å². The summed E-state index contributed by atoms with van der Waals surface area (Å²) in [6.07, 6.45) is 0. The second-order valence-electron chi connectivity index (χ2n) is 3.91. The number of hydrogen-bond donors (Lipinski definition) is 2. The summed E-state index contributed by atoms with van der Waals surface area (Å²) in [5.74, 6) is 0.542. The van der Waals surface area contributed by atoms with Crippen LogP contribution >= 0.6 is 0 Å². The van der Waals surface area contributed by atoms with Crippen LogP contribution in [0.1, 0.15) is 13.8 Å². The first-order valence-electron chi connectivity index (χ1n) is 5.32. The van der Waals surface area contributed by atoms with Crippen molar-refractivity contribution in [1.29, 1.82) is 0 Å². The maximum atomic E-state index is 11.8. The third kappa shape index (κ3) is 3.92. The van der Waals surface area contributed by atoms with Crippen molar-refractivity contribution in [3.63, 3.8) is 0 Å². The van der Waals surface area contributed by atoms with Crippen molar-refractivity contribution in [2.24, 2.45) is 0 Å². The lowest BCUT2D eigenvalue weighted by atomic mass is 10.3. The second kappa shape index (κ2) is 5.72. The molecule has 0 saturated heterocycles. The van der Waals surface area contributed by atoms with Crippen LogP contribution in [-0.4, -0.2) is 27.6 Å². The second-order valence-corrected chi connectivity index (χ2v) is 5.59. The summed E-state index contributed by atoms with van der Waals surface area (Å²) >= 11 is 0. The largest absolute Gasteiger partial charge is 0.497 e. The maximum absolute atomic E-state index is 11.8. The quantitative estimate of drug-likeness (QED) is 0.859. The molecule has 0 aromatic heterocycles. The average molecular weight is 272 g/mol. The summed E-state index contributed by atoms with van der Waals surface area (Å²) in [7, 11) is -2.36. The summed E-state index contributed by atoms with van der Waals surface area (Å²) in [6, 6.07) is 4.86. The van der Waals surface area contributed by atoms with E-state index in [1.807, 2.05) is 4.72 Å². The Kier molecular flexibility index (Phi) is 4.55. The zero-order valence-electron chi connectivity index (χ0n) is 10.4. The lowest BCUT2D eigenvalue weighted by Crippen LogP contribution is -2.42. The minimum absolute atomic E-state index is 0.00204. The fraction of sp³-hybridized carbons (Fsp3) is 0.364. The molecule has 0 bridgehead atoms. The van der Waals surface area contributed by atoms with E-state index in [1.165, 1.54) is 31.4 Å². The van der Waals surface area contributed by atoms with Crippen molar-refractivity contribution in [3.8, 4) is 5.75 Å². The van der Waals surface area contributed by atoms with Crippen LogP contribution in [0.5, 0.6) is 5.75 Å². The standard InChI is InChI=1S/C11H16N2O4S/c1-8(2)12-11(14)13-18(15,16)10-6-4-9(17-3)5-7-10/h4-8H,1-3H3,(H2,12,13,14). The first kappa shape index (κ1) is 14.3. The number of amides is 2. The lowest BCUT2D eigenvalue weighted by Gasteiger charge is -2.10. The van der Waals surface area contributed by atoms with Crippen LogP contribution in [0, 0.1) is 0 Å². The van der Waals surface area contributed by atoms with Crippen LogP contribution < -0.4 is 14.8 Å². The Bertz CT molecular complexity index is 508. The summed E-state index contributed by atoms with van der Waals surface area (Å²) in [5.41, 5.74) is 0. The molecule has 0 radical (unpaired) electrons. The Morgan fingerprint density at radius 1 is 1.22 bits per heavy atom. The molecule has 0 atom stereocenters. The van der Waals surface area contributed by atoms with E-state index in [9.17, 15) is 13.2 Å². The summed E-state index contributed by atoms with van der Waals surface area (Å²) in [4.78, 5) is 11.3. The number of sulfonamides is 1. The van der Waals surface area contributed by atoms with E-state index in [1.54, 1.807) is 13.8 Å². The topological polar surface area (TPSA) is 84.5 Å². The first-order valence-corrected chi connectivity index (χ1v) is 6.81. The van der Waals surface area contributed by atoms with Gasteiger partial charge >= 0.3 is 6.03 Å². The van der Waals surface area contributed by atoms with Gasteiger partial charge in [0, 0.05) is 6.04 Å². The van der Waals surface area contributed by atoms with Crippen molar-refractivity contribution in [3.05, 3.63) is 24.3 Å². The van der Waals surface area contributed by atoms with Crippen molar-refractivity contribution in [2.45, 2.75) is 24.8 Å². The monoisotopic (exact) mass is 272 g/mol. The number of methoxy groups -OCH3 is 1. The Labute approximate surface area is 106 Å². The number of carbonyl (C=O) groups excluding carboxylic acids is 1. The molecule has 100 valence electrons. The van der Waals surface area contributed by atoms with Gasteiger partial charge < -0.3 is 10.1 Å². The SMILES string of the molecule is COc1ccc(S(=O)(=O)NC(=O)NC(C)C)cc1. The van der Waals surface area contributed by atoms with Gasteiger partial charge in [-0.25, -0.2) is 17.9 Å². The number of rotatable bonds is 4. The normalized spacial score (nSPS) is 11.1. The van der Waals surface area contributed by atoms with Crippen molar-refractivity contribution in [1.82, 2.24) is 10.0 Å². The molecule has 0 heterocycles. The van der Waals surface area contributed by atoms with Gasteiger partial charge in [0.25, 0.3) is 10.0 Å². The zero-order chi connectivity index (χ0) is 13.8. The fourth-order valence-electron chi connectivity index (χ4n) is 1.23. The molecule has 2 N–H and O–H groups in total. The molecule has 7 heteroatoms. The number of benzene rings is 1. The van der Waals surface area contributed by atoms with E-state index in [2.05, 4.69) is 5.32 Å². The molecule has 1 aromatic carbocycles. The van der Waals surface area contributed by atoms with Crippen LogP contribution in [0.3, 0.4) is 0 Å². The number of carbonyl (C=O) groups is 1. The number of ether oxygens (including phenoxy) is 1. The van der Waals surface area contributed by atoms with Gasteiger partial charge in [-0.05, 0) is 38.1 Å². The van der Waals surface area contributed by atoms with Gasteiger partial charge in [-0.15, -0.1) is 0 Å². The molecule has 18 heavy (non-hydrogen) atoms. The molecule has 0 saturated carbocycles. The third-order valence-electron chi connectivity index (χ3n) is 2.02. The molecule has 0 fully saturated rings. The number of nitrogens with one attached hydrogen (secondary N) is 2. The molecule has 0 aliphatic rings. The highest BCUT2D eigenvalue weighted by atomic mass is 32.2. The molecule has 1 rings (SSSR count). The fourth-order valence-corrected chi connectivity index (χ4v) is 2.14. The Morgan fingerprint density at radius 3 is 2.22 bits per heavy atom. The predicted molar refractivity (Wildman–Crippen MR) is 67.0 cm³/mol. The van der Waals surface area contributed by atoms with Gasteiger partial charge in [0.1, 0.15) is 5.75 Å². The van der Waals surface area contributed by atoms with Crippen molar-refractivity contribution in [2.75, 3.05) is 7.11 Å². The molecule has 0 unspecified atom stereocenters. The zero-order valence-corrected chi connectivity index (χ0v) is 11.2. The number of hydrogen-bond acceptors (Lipinski definition) is 4. The van der Waals surface area contributed by atoms with E-state index in [4.69, 9.17) is 4.74 Å².